The third-order valence-electron chi connectivity index (χ3n) is 5.24. The van der Waals surface area contributed by atoms with E-state index < -0.39 is 0 Å². The molecule has 1 unspecified atom stereocenters. The van der Waals surface area contributed by atoms with Gasteiger partial charge >= 0.3 is 5.97 Å². The Balaban J connectivity index is 3.95. The van der Waals surface area contributed by atoms with E-state index >= 15 is 0 Å². The summed E-state index contributed by atoms with van der Waals surface area (Å²) in [6.45, 7) is 3.82. The van der Waals surface area contributed by atoms with Crippen LogP contribution in [0.2, 0.25) is 0 Å². The number of aliphatic hydroxyl groups excluding tert-OH is 2. The first-order chi connectivity index (χ1) is 13.7. The first-order valence-corrected chi connectivity index (χ1v) is 11.4. The van der Waals surface area contributed by atoms with E-state index in [1.165, 1.54) is 45.6 Å². The number of esters is 1. The molecule has 5 nitrogen and oxygen atoms in total. The van der Waals surface area contributed by atoms with E-state index in [0.29, 0.717) is 25.6 Å². The fourth-order valence-corrected chi connectivity index (χ4v) is 3.56. The zero-order chi connectivity index (χ0) is 20.9. The standard InChI is InChI=1S/C23H45NO4/c1-3-4-12-15-22(24(18-20-25)19-21-26)16-13-10-8-6-5-7-9-11-14-17-23(27)28-2/h8,10,22,25-26H,3-7,9,11-21H2,1-2H3. The molecule has 1 atom stereocenters. The van der Waals surface area contributed by atoms with Crippen molar-refractivity contribution in [1.82, 2.24) is 4.90 Å². The van der Waals surface area contributed by atoms with Crippen LogP contribution in [0, 0.1) is 0 Å². The number of unbranched alkanes of at least 4 members (excludes halogenated alkanes) is 7. The number of hydrogen-bond donors (Lipinski definition) is 2. The minimum Gasteiger partial charge on any atom is -0.469 e. The SMILES string of the molecule is CCCCCC(CCC=CCCCCCCCC(=O)OC)N(CCO)CCO. The number of ether oxygens (including phenoxy) is 1. The van der Waals surface area contributed by atoms with E-state index in [-0.39, 0.29) is 19.2 Å². The molecule has 0 aromatic rings. The van der Waals surface area contributed by atoms with Crippen LogP contribution >= 0.6 is 0 Å². The van der Waals surface area contributed by atoms with Gasteiger partial charge in [0.2, 0.25) is 0 Å². The molecule has 166 valence electrons. The van der Waals surface area contributed by atoms with Crippen LogP contribution < -0.4 is 0 Å². The van der Waals surface area contributed by atoms with Gasteiger partial charge in [-0.25, -0.2) is 0 Å². The summed E-state index contributed by atoms with van der Waals surface area (Å²) in [5.41, 5.74) is 0. The van der Waals surface area contributed by atoms with Crippen LogP contribution in [-0.4, -0.2) is 60.5 Å². The molecule has 0 bridgehead atoms. The van der Waals surface area contributed by atoms with Crippen LogP contribution in [0.25, 0.3) is 0 Å². The predicted octanol–water partition coefficient (Wildman–Crippen LogP) is 4.46. The molecule has 28 heavy (non-hydrogen) atoms. The zero-order valence-electron chi connectivity index (χ0n) is 18.4. The van der Waals surface area contributed by atoms with Gasteiger partial charge in [-0.05, 0) is 38.5 Å². The molecular formula is C23H45NO4. The third-order valence-corrected chi connectivity index (χ3v) is 5.24. The Morgan fingerprint density at radius 1 is 0.893 bits per heavy atom. The second kappa shape index (κ2) is 20.8. The highest BCUT2D eigenvalue weighted by Gasteiger charge is 2.16. The van der Waals surface area contributed by atoms with Crippen LogP contribution in [0.15, 0.2) is 12.2 Å². The van der Waals surface area contributed by atoms with E-state index in [1.54, 1.807) is 0 Å². The highest BCUT2D eigenvalue weighted by Crippen LogP contribution is 2.16. The maximum absolute atomic E-state index is 11.0. The Hall–Kier alpha value is -0.910. The average Bonchev–Trinajstić information content (AvgIpc) is 2.70. The molecule has 0 amide bonds. The highest BCUT2D eigenvalue weighted by molar-refractivity contribution is 5.68. The van der Waals surface area contributed by atoms with Gasteiger partial charge in [-0.3, -0.25) is 9.69 Å². The molecular weight excluding hydrogens is 354 g/mol. The minimum atomic E-state index is -0.104. The molecule has 0 radical (unpaired) electrons. The Bertz CT molecular complexity index is 368. The monoisotopic (exact) mass is 399 g/mol. The van der Waals surface area contributed by atoms with Crippen molar-refractivity contribution >= 4 is 5.97 Å². The summed E-state index contributed by atoms with van der Waals surface area (Å²) in [5, 5.41) is 18.6. The third kappa shape index (κ3) is 16.1. The van der Waals surface area contributed by atoms with E-state index in [0.717, 1.165) is 38.5 Å². The van der Waals surface area contributed by atoms with E-state index in [9.17, 15) is 15.0 Å². The Morgan fingerprint density at radius 3 is 2.18 bits per heavy atom. The van der Waals surface area contributed by atoms with Gasteiger partial charge in [0.15, 0.2) is 0 Å². The van der Waals surface area contributed by atoms with Gasteiger partial charge in [0, 0.05) is 25.6 Å². The molecule has 0 saturated carbocycles. The van der Waals surface area contributed by atoms with Gasteiger partial charge in [0.05, 0.1) is 20.3 Å². The van der Waals surface area contributed by atoms with E-state index in [2.05, 4.69) is 28.7 Å². The summed E-state index contributed by atoms with van der Waals surface area (Å²) in [5.74, 6) is -0.104. The lowest BCUT2D eigenvalue weighted by molar-refractivity contribution is -0.140. The summed E-state index contributed by atoms with van der Waals surface area (Å²) >= 11 is 0. The molecule has 0 heterocycles. The maximum atomic E-state index is 11.0. The van der Waals surface area contributed by atoms with Crippen LogP contribution in [0.5, 0.6) is 0 Å². The Kier molecular flexibility index (Phi) is 20.1. The normalized spacial score (nSPS) is 12.8. The van der Waals surface area contributed by atoms with E-state index in [4.69, 9.17) is 0 Å². The summed E-state index contributed by atoms with van der Waals surface area (Å²) in [6, 6.07) is 0.449. The Morgan fingerprint density at radius 2 is 1.54 bits per heavy atom. The number of hydrogen-bond acceptors (Lipinski definition) is 5. The van der Waals surface area contributed by atoms with Crippen LogP contribution in [0.4, 0.5) is 0 Å². The average molecular weight is 400 g/mol. The van der Waals surface area contributed by atoms with Crippen LogP contribution in [0.3, 0.4) is 0 Å². The van der Waals surface area contributed by atoms with Crippen molar-refractivity contribution in [1.29, 1.82) is 0 Å². The van der Waals surface area contributed by atoms with Gasteiger partial charge in [-0.15, -0.1) is 0 Å². The number of rotatable bonds is 20. The number of allylic oxidation sites excluding steroid dienone is 2. The highest BCUT2D eigenvalue weighted by atomic mass is 16.5. The van der Waals surface area contributed by atoms with Crippen molar-refractivity contribution in [2.24, 2.45) is 0 Å². The zero-order valence-corrected chi connectivity index (χ0v) is 18.4. The fraction of sp³-hybridized carbons (Fsp3) is 0.870. The summed E-state index contributed by atoms with van der Waals surface area (Å²) in [7, 11) is 1.44. The molecule has 5 heteroatoms. The first kappa shape index (κ1) is 27.1. The molecule has 0 aliphatic carbocycles. The van der Waals surface area contributed by atoms with Gasteiger partial charge in [-0.1, -0.05) is 57.6 Å². The first-order valence-electron chi connectivity index (χ1n) is 11.4. The van der Waals surface area contributed by atoms with Crippen molar-refractivity contribution in [2.45, 2.75) is 96.4 Å². The van der Waals surface area contributed by atoms with Gasteiger partial charge in [-0.2, -0.15) is 0 Å². The van der Waals surface area contributed by atoms with Crippen LogP contribution in [0.1, 0.15) is 90.4 Å². The molecule has 0 aromatic carbocycles. The number of aliphatic hydroxyl groups is 2. The topological polar surface area (TPSA) is 70.0 Å². The number of nitrogens with zero attached hydrogens (tertiary/aromatic N) is 1. The molecule has 0 aliphatic heterocycles. The smallest absolute Gasteiger partial charge is 0.305 e. The summed E-state index contributed by atoms with van der Waals surface area (Å²) in [4.78, 5) is 13.3. The fourth-order valence-electron chi connectivity index (χ4n) is 3.56. The second-order valence-electron chi connectivity index (χ2n) is 7.56. The predicted molar refractivity (Wildman–Crippen MR) is 116 cm³/mol. The number of carbonyl (C=O) groups is 1. The quantitative estimate of drug-likeness (QED) is 0.180. The second-order valence-corrected chi connectivity index (χ2v) is 7.56. The van der Waals surface area contributed by atoms with Gasteiger partial charge in [0.25, 0.3) is 0 Å². The van der Waals surface area contributed by atoms with Crippen molar-refractivity contribution in [2.75, 3.05) is 33.4 Å². The molecule has 0 aliphatic rings. The molecule has 0 fully saturated rings. The van der Waals surface area contributed by atoms with E-state index in [1.807, 2.05) is 0 Å². The maximum Gasteiger partial charge on any atom is 0.305 e. The van der Waals surface area contributed by atoms with Gasteiger partial charge in [0.1, 0.15) is 0 Å². The summed E-state index contributed by atoms with van der Waals surface area (Å²) in [6.07, 6.45) is 18.9. The molecule has 0 rings (SSSR count). The molecule has 2 N–H and O–H groups in total. The number of methoxy groups -OCH3 is 1. The molecule has 0 saturated heterocycles. The lowest BCUT2D eigenvalue weighted by atomic mass is 10.0. The van der Waals surface area contributed by atoms with Crippen molar-refractivity contribution in [3.05, 3.63) is 12.2 Å². The summed E-state index contributed by atoms with van der Waals surface area (Å²) < 4.78 is 4.64. The molecule has 0 aromatic heterocycles. The largest absolute Gasteiger partial charge is 0.469 e. The lowest BCUT2D eigenvalue weighted by Gasteiger charge is -2.30. The lowest BCUT2D eigenvalue weighted by Crippen LogP contribution is -2.39. The van der Waals surface area contributed by atoms with Crippen molar-refractivity contribution in [3.63, 3.8) is 0 Å². The van der Waals surface area contributed by atoms with Crippen LogP contribution in [-0.2, 0) is 9.53 Å². The van der Waals surface area contributed by atoms with Crippen molar-refractivity contribution < 1.29 is 19.7 Å². The van der Waals surface area contributed by atoms with Crippen molar-refractivity contribution in [3.8, 4) is 0 Å². The number of carbonyl (C=O) groups excluding carboxylic acids is 1. The minimum absolute atomic E-state index is 0.104. The Labute approximate surface area is 173 Å². The molecule has 0 spiro atoms. The van der Waals surface area contributed by atoms with Gasteiger partial charge < -0.3 is 14.9 Å².